The number of rotatable bonds is 7. The molecule has 1 heterocycles. The summed E-state index contributed by atoms with van der Waals surface area (Å²) >= 11 is 0. The zero-order chi connectivity index (χ0) is 22.5. The minimum atomic E-state index is -1.45. The topological polar surface area (TPSA) is 128 Å². The maximum absolute atomic E-state index is 13.0. The number of benzene rings is 2. The lowest BCUT2D eigenvalue weighted by Crippen LogP contribution is -2.59. The van der Waals surface area contributed by atoms with Crippen LogP contribution in [0.1, 0.15) is 28.9 Å². The molecule has 1 saturated heterocycles. The van der Waals surface area contributed by atoms with Crippen molar-refractivity contribution in [3.05, 3.63) is 65.5 Å². The van der Waals surface area contributed by atoms with Gasteiger partial charge in [0.25, 0.3) is 5.91 Å². The van der Waals surface area contributed by atoms with Gasteiger partial charge in [-0.2, -0.15) is 0 Å². The molecule has 9 heteroatoms. The Balaban J connectivity index is 1.55. The second-order valence-corrected chi connectivity index (χ2v) is 7.45. The van der Waals surface area contributed by atoms with Crippen molar-refractivity contribution in [2.24, 2.45) is 0 Å². The Hall–Kier alpha value is -2.56. The summed E-state index contributed by atoms with van der Waals surface area (Å²) in [7, 11) is 0. The summed E-state index contributed by atoms with van der Waals surface area (Å²) in [4.78, 5) is 12.3. The largest absolute Gasteiger partial charge is 0.491 e. The van der Waals surface area contributed by atoms with E-state index in [4.69, 9.17) is 9.47 Å². The summed E-state index contributed by atoms with van der Waals surface area (Å²) in [6.07, 6.45) is -6.14. The van der Waals surface area contributed by atoms with E-state index in [0.717, 1.165) is 5.56 Å². The molecule has 6 unspecified atom stereocenters. The van der Waals surface area contributed by atoms with Crippen molar-refractivity contribution in [1.29, 1.82) is 0 Å². The minimum absolute atomic E-state index is 0.0996. The Bertz CT molecular complexity index is 859. The van der Waals surface area contributed by atoms with Crippen molar-refractivity contribution in [3.8, 4) is 5.75 Å². The Morgan fingerprint density at radius 3 is 2.26 bits per heavy atom. The van der Waals surface area contributed by atoms with Crippen LogP contribution in [0.25, 0.3) is 0 Å². The summed E-state index contributed by atoms with van der Waals surface area (Å²) in [5, 5.41) is 41.8. The van der Waals surface area contributed by atoms with Gasteiger partial charge < -0.3 is 35.2 Å². The highest BCUT2D eigenvalue weighted by atomic mass is 19.1. The number of hydrogen-bond donors (Lipinski definition) is 5. The van der Waals surface area contributed by atoms with E-state index in [2.05, 4.69) is 5.32 Å². The maximum atomic E-state index is 13.0. The molecule has 0 radical (unpaired) electrons. The van der Waals surface area contributed by atoms with Crippen molar-refractivity contribution in [2.75, 3.05) is 13.2 Å². The van der Waals surface area contributed by atoms with Crippen molar-refractivity contribution >= 4 is 5.91 Å². The first-order valence-corrected chi connectivity index (χ1v) is 9.90. The number of hydrogen-bond acceptors (Lipinski definition) is 7. The molecule has 2 aromatic carbocycles. The van der Waals surface area contributed by atoms with Crippen LogP contribution in [-0.4, -0.2) is 70.1 Å². The Kier molecular flexibility index (Phi) is 7.58. The molecule has 1 fully saturated rings. The normalized spacial score (nSPS) is 26.8. The van der Waals surface area contributed by atoms with Crippen LogP contribution in [-0.2, 0) is 4.74 Å². The first-order chi connectivity index (χ1) is 14.8. The Morgan fingerprint density at radius 2 is 1.65 bits per heavy atom. The van der Waals surface area contributed by atoms with E-state index in [1.165, 1.54) is 24.3 Å². The molecule has 168 valence electrons. The predicted octanol–water partition coefficient (Wildman–Crippen LogP) is 0.538. The highest BCUT2D eigenvalue weighted by Crippen LogP contribution is 2.23. The fourth-order valence-corrected chi connectivity index (χ4v) is 3.31. The first kappa shape index (κ1) is 23.1. The molecule has 0 saturated carbocycles. The summed E-state index contributed by atoms with van der Waals surface area (Å²) in [6, 6.07) is 11.8. The monoisotopic (exact) mass is 435 g/mol. The lowest BCUT2D eigenvalue weighted by molar-refractivity contribution is -0.234. The molecule has 31 heavy (non-hydrogen) atoms. The van der Waals surface area contributed by atoms with Gasteiger partial charge in [0.2, 0.25) is 0 Å². The molecule has 2 aromatic rings. The van der Waals surface area contributed by atoms with Crippen LogP contribution in [0.5, 0.6) is 5.75 Å². The molecule has 0 bridgehead atoms. The van der Waals surface area contributed by atoms with Crippen LogP contribution in [0.3, 0.4) is 0 Å². The summed E-state index contributed by atoms with van der Waals surface area (Å²) in [6.45, 7) is 1.21. The van der Waals surface area contributed by atoms with Gasteiger partial charge in [-0.15, -0.1) is 0 Å². The number of carbonyl (C=O) groups excluding carboxylic acids is 1. The highest BCUT2D eigenvalue weighted by molar-refractivity contribution is 5.94. The second kappa shape index (κ2) is 10.2. The third-order valence-electron chi connectivity index (χ3n) is 5.24. The summed E-state index contributed by atoms with van der Waals surface area (Å²) in [5.41, 5.74) is 1.17. The molecule has 5 N–H and O–H groups in total. The maximum Gasteiger partial charge on any atom is 0.251 e. The number of carbonyl (C=O) groups is 1. The Morgan fingerprint density at radius 1 is 1.03 bits per heavy atom. The van der Waals surface area contributed by atoms with Gasteiger partial charge in [-0.25, -0.2) is 4.39 Å². The number of halogens is 1. The quantitative estimate of drug-likeness (QED) is 0.429. The SMILES string of the molecule is CC(NC(=O)c1ccc(F)cc1)c1ccc(OCC2OC(CO)C(O)C(O)C2O)cc1. The van der Waals surface area contributed by atoms with Crippen LogP contribution in [0, 0.1) is 5.82 Å². The average molecular weight is 435 g/mol. The molecule has 0 aromatic heterocycles. The molecular weight excluding hydrogens is 409 g/mol. The molecular formula is C22H26FNO7. The van der Waals surface area contributed by atoms with E-state index in [0.29, 0.717) is 11.3 Å². The van der Waals surface area contributed by atoms with E-state index in [-0.39, 0.29) is 18.6 Å². The first-order valence-electron chi connectivity index (χ1n) is 9.90. The predicted molar refractivity (Wildman–Crippen MR) is 108 cm³/mol. The van der Waals surface area contributed by atoms with Crippen LogP contribution in [0.15, 0.2) is 48.5 Å². The standard InChI is InChI=1S/C22H26FNO7/c1-12(24-22(29)14-2-6-15(23)7-3-14)13-4-8-16(9-5-13)30-11-18-20(27)21(28)19(26)17(10-25)31-18/h2-9,12,17-21,25-28H,10-11H2,1H3,(H,24,29). The van der Waals surface area contributed by atoms with Crippen molar-refractivity contribution in [1.82, 2.24) is 5.32 Å². The zero-order valence-corrected chi connectivity index (χ0v) is 16.9. The highest BCUT2D eigenvalue weighted by Gasteiger charge is 2.43. The van der Waals surface area contributed by atoms with Gasteiger partial charge in [0.05, 0.1) is 12.6 Å². The molecule has 6 atom stereocenters. The second-order valence-electron chi connectivity index (χ2n) is 7.45. The molecule has 3 rings (SSSR count). The van der Waals surface area contributed by atoms with Crippen molar-refractivity contribution in [2.45, 2.75) is 43.5 Å². The van der Waals surface area contributed by atoms with Gasteiger partial charge in [0.1, 0.15) is 48.7 Å². The van der Waals surface area contributed by atoms with Crippen LogP contribution < -0.4 is 10.1 Å². The van der Waals surface area contributed by atoms with Gasteiger partial charge in [-0.05, 0) is 48.9 Å². The van der Waals surface area contributed by atoms with Crippen molar-refractivity contribution < 1.29 is 39.1 Å². The van der Waals surface area contributed by atoms with Gasteiger partial charge in [-0.3, -0.25) is 4.79 Å². The van der Waals surface area contributed by atoms with Crippen molar-refractivity contribution in [3.63, 3.8) is 0 Å². The average Bonchev–Trinajstić information content (AvgIpc) is 2.77. The molecule has 1 aliphatic rings. The van der Waals surface area contributed by atoms with Crippen LogP contribution in [0.2, 0.25) is 0 Å². The number of amides is 1. The number of nitrogens with one attached hydrogen (secondary N) is 1. The fraction of sp³-hybridized carbons (Fsp3) is 0.409. The molecule has 0 spiro atoms. The number of ether oxygens (including phenoxy) is 2. The number of aliphatic hydroxyl groups is 4. The third-order valence-corrected chi connectivity index (χ3v) is 5.24. The third kappa shape index (κ3) is 5.57. The van der Waals surface area contributed by atoms with E-state index < -0.39 is 42.9 Å². The van der Waals surface area contributed by atoms with Gasteiger partial charge in [-0.1, -0.05) is 12.1 Å². The zero-order valence-electron chi connectivity index (χ0n) is 16.9. The van der Waals surface area contributed by atoms with Crippen LogP contribution >= 0.6 is 0 Å². The van der Waals surface area contributed by atoms with E-state index in [1.807, 2.05) is 6.92 Å². The van der Waals surface area contributed by atoms with E-state index in [9.17, 15) is 29.6 Å². The summed E-state index contributed by atoms with van der Waals surface area (Å²) in [5.74, 6) is -0.267. The molecule has 1 aliphatic heterocycles. The fourth-order valence-electron chi connectivity index (χ4n) is 3.31. The lowest BCUT2D eigenvalue weighted by atomic mass is 9.95. The van der Waals surface area contributed by atoms with Gasteiger partial charge in [0.15, 0.2) is 0 Å². The van der Waals surface area contributed by atoms with E-state index >= 15 is 0 Å². The molecule has 8 nitrogen and oxygen atoms in total. The molecule has 1 amide bonds. The number of aliphatic hydroxyl groups excluding tert-OH is 4. The van der Waals surface area contributed by atoms with Crippen LogP contribution in [0.4, 0.5) is 4.39 Å². The minimum Gasteiger partial charge on any atom is -0.491 e. The van der Waals surface area contributed by atoms with E-state index in [1.54, 1.807) is 24.3 Å². The van der Waals surface area contributed by atoms with Gasteiger partial charge in [0, 0.05) is 5.56 Å². The molecule has 0 aliphatic carbocycles. The van der Waals surface area contributed by atoms with Gasteiger partial charge >= 0.3 is 0 Å². The summed E-state index contributed by atoms with van der Waals surface area (Å²) < 4.78 is 24.0. The lowest BCUT2D eigenvalue weighted by Gasteiger charge is -2.39. The smallest absolute Gasteiger partial charge is 0.251 e. The Labute approximate surface area is 178 Å².